The van der Waals surface area contributed by atoms with Crippen LogP contribution in [0.3, 0.4) is 0 Å². The summed E-state index contributed by atoms with van der Waals surface area (Å²) in [6, 6.07) is 23.2. The van der Waals surface area contributed by atoms with Crippen LogP contribution in [0, 0.1) is 10.7 Å². The Balaban J connectivity index is 1.67. The van der Waals surface area contributed by atoms with Crippen LogP contribution in [0.15, 0.2) is 89.8 Å². The molecule has 11 heteroatoms. The Hall–Kier alpha value is -2.08. The lowest BCUT2D eigenvalue weighted by atomic mass is 9.95. The first-order valence-electron chi connectivity index (χ1n) is 10.4. The zero-order valence-electron chi connectivity index (χ0n) is 18.5. The van der Waals surface area contributed by atoms with Crippen molar-refractivity contribution < 1.29 is 32.0 Å². The average Bonchev–Trinajstić information content (AvgIpc) is 2.84. The van der Waals surface area contributed by atoms with Crippen molar-refractivity contribution in [3.63, 3.8) is 0 Å². The van der Waals surface area contributed by atoms with Crippen LogP contribution in [0.1, 0.15) is 20.7 Å². The van der Waals surface area contributed by atoms with Crippen LogP contribution in [-0.4, -0.2) is 24.9 Å². The molecule has 0 spiro atoms. The van der Waals surface area contributed by atoms with E-state index in [9.17, 15) is 22.6 Å². The predicted octanol–water partition coefficient (Wildman–Crippen LogP) is 6.85. The molecule has 0 amide bonds. The second kappa shape index (κ2) is 11.8. The third kappa shape index (κ3) is 6.68. The maximum atomic E-state index is 13.2. The van der Waals surface area contributed by atoms with Crippen molar-refractivity contribution >= 4 is 89.8 Å². The molecule has 0 aliphatic heterocycles. The zero-order valence-corrected chi connectivity index (χ0v) is 25.8. The number of carbonyl (C=O) groups excluding carboxylic acids is 2. The van der Waals surface area contributed by atoms with Gasteiger partial charge in [0, 0.05) is 10.7 Å². The highest BCUT2D eigenvalue weighted by atomic mass is 127. The summed E-state index contributed by atoms with van der Waals surface area (Å²) >= 11 is 5.66. The molecule has 0 unspecified atom stereocenters. The lowest BCUT2D eigenvalue weighted by molar-refractivity contribution is 0.0723. The minimum atomic E-state index is -4.44. The predicted molar refractivity (Wildman–Crippen MR) is 163 cm³/mol. The molecule has 0 fully saturated rings. The van der Waals surface area contributed by atoms with Crippen LogP contribution >= 0.6 is 67.8 Å². The minimum absolute atomic E-state index is 0.104. The van der Waals surface area contributed by atoms with E-state index in [4.69, 9.17) is 9.47 Å². The molecule has 4 rings (SSSR count). The molecular weight excluding hydrogens is 837 g/mol. The molecule has 4 aromatic carbocycles. The largest absolute Gasteiger partial charge is 0.423 e. The number of hydrogen-bond donors (Lipinski definition) is 1. The summed E-state index contributed by atoms with van der Waals surface area (Å²) in [5.41, 5.74) is 1.40. The molecule has 1 N–H and O–H groups in total. The Morgan fingerprint density at radius 2 is 1.08 bits per heavy atom. The topological polar surface area (TPSA) is 107 Å². The molecule has 188 valence electrons. The summed E-state index contributed by atoms with van der Waals surface area (Å²) in [6.07, 6.45) is 0. The van der Waals surface area contributed by atoms with E-state index in [0.29, 0.717) is 16.9 Å². The Bertz CT molecular complexity index is 1590. The van der Waals surface area contributed by atoms with Gasteiger partial charge in [-0.1, -0.05) is 36.4 Å². The van der Waals surface area contributed by atoms with Gasteiger partial charge in [0.25, 0.3) is 10.1 Å². The van der Waals surface area contributed by atoms with E-state index in [2.05, 4.69) is 22.6 Å². The van der Waals surface area contributed by atoms with Crippen molar-refractivity contribution in [2.45, 2.75) is 4.90 Å². The van der Waals surface area contributed by atoms with Crippen molar-refractivity contribution in [3.8, 4) is 22.6 Å². The van der Waals surface area contributed by atoms with Crippen LogP contribution in [0.4, 0.5) is 0 Å². The first-order valence-corrected chi connectivity index (χ1v) is 15.1. The fourth-order valence-electron chi connectivity index (χ4n) is 3.46. The fraction of sp³-hybridized carbons (Fsp3) is 0. The van der Waals surface area contributed by atoms with Crippen molar-refractivity contribution in [1.82, 2.24) is 0 Å². The first kappa shape index (κ1) is 27.9. The minimum Gasteiger partial charge on any atom is -0.423 e. The molecule has 0 saturated carbocycles. The molecule has 7 nitrogen and oxygen atoms in total. The van der Waals surface area contributed by atoms with Crippen molar-refractivity contribution in [2.75, 3.05) is 0 Å². The van der Waals surface area contributed by atoms with Gasteiger partial charge in [0.1, 0.15) is 16.4 Å². The highest BCUT2D eigenvalue weighted by Gasteiger charge is 2.23. The van der Waals surface area contributed by atoms with Crippen LogP contribution in [0.2, 0.25) is 0 Å². The van der Waals surface area contributed by atoms with E-state index in [1.165, 1.54) is 12.1 Å². The molecule has 0 aliphatic rings. The number of hydrogen-bond acceptors (Lipinski definition) is 6. The van der Waals surface area contributed by atoms with Gasteiger partial charge in [-0.3, -0.25) is 4.55 Å². The van der Waals surface area contributed by atoms with Crippen LogP contribution in [-0.2, 0) is 10.1 Å². The van der Waals surface area contributed by atoms with Gasteiger partial charge in [-0.15, -0.1) is 0 Å². The van der Waals surface area contributed by atoms with Gasteiger partial charge in [-0.05, 0) is 127 Å². The van der Waals surface area contributed by atoms with E-state index < -0.39 is 22.1 Å². The summed E-state index contributed by atoms with van der Waals surface area (Å²) in [6.45, 7) is 0. The molecule has 37 heavy (non-hydrogen) atoms. The summed E-state index contributed by atoms with van der Waals surface area (Å²) in [5.74, 6) is -0.787. The van der Waals surface area contributed by atoms with Crippen LogP contribution in [0.5, 0.6) is 11.5 Å². The molecule has 0 heterocycles. The second-order valence-electron chi connectivity index (χ2n) is 7.52. The van der Waals surface area contributed by atoms with E-state index in [1.807, 2.05) is 12.1 Å². The highest BCUT2D eigenvalue weighted by Crippen LogP contribution is 2.32. The molecule has 0 atom stereocenters. The quantitative estimate of drug-likeness (QED) is 0.0980. The van der Waals surface area contributed by atoms with Gasteiger partial charge in [0.15, 0.2) is 0 Å². The maximum Gasteiger partial charge on any atom is 0.344 e. The number of rotatable bonds is 6. The van der Waals surface area contributed by atoms with Crippen molar-refractivity contribution in [2.24, 2.45) is 0 Å². The second-order valence-corrected chi connectivity index (χ2v) is 12.4. The van der Waals surface area contributed by atoms with Crippen molar-refractivity contribution in [3.05, 3.63) is 107 Å². The molecule has 0 radical (unpaired) electrons. The Morgan fingerprint density at radius 3 is 1.54 bits per heavy atom. The van der Waals surface area contributed by atoms with Gasteiger partial charge in [0.05, 0.1) is 11.1 Å². The van der Waals surface area contributed by atoms with Gasteiger partial charge < -0.3 is 9.47 Å². The monoisotopic (exact) mass is 852 g/mol. The van der Waals surface area contributed by atoms with Crippen molar-refractivity contribution in [1.29, 1.82) is 0 Å². The van der Waals surface area contributed by atoms with Gasteiger partial charge in [0.2, 0.25) is 0 Å². The molecule has 0 aromatic heterocycles. The SMILES string of the molecule is O=C(Oc1ccc(I)cc1)c1ccccc1-c1ccccc1C(=O)Oc1cc(I)c(S(=O)(=O)O)c(I)c1. The van der Waals surface area contributed by atoms with E-state index in [-0.39, 0.29) is 28.9 Å². The van der Waals surface area contributed by atoms with Gasteiger partial charge >= 0.3 is 11.9 Å². The molecule has 0 aliphatic carbocycles. The molecule has 0 saturated heterocycles. The van der Waals surface area contributed by atoms with Crippen LogP contribution in [0.25, 0.3) is 11.1 Å². The van der Waals surface area contributed by atoms with E-state index >= 15 is 0 Å². The fourth-order valence-corrected chi connectivity index (χ4v) is 7.81. The smallest absolute Gasteiger partial charge is 0.344 e. The molecule has 4 aromatic rings. The Morgan fingerprint density at radius 1 is 0.649 bits per heavy atom. The number of benzene rings is 4. The van der Waals surface area contributed by atoms with Gasteiger partial charge in [-0.2, -0.15) is 8.42 Å². The third-order valence-corrected chi connectivity index (χ3v) is 9.16. The standard InChI is InChI=1S/C26H15I3O7S/c27-15-9-11-16(12-10-15)35-25(30)20-7-3-1-5-18(20)19-6-2-4-8-21(19)26(31)36-17-13-22(28)24(23(29)14-17)37(32,33)34/h1-14H,(H,32,33,34). The van der Waals surface area contributed by atoms with Gasteiger partial charge in [-0.25, -0.2) is 9.59 Å². The number of ether oxygens (including phenoxy) is 2. The Labute approximate surface area is 253 Å². The normalized spacial score (nSPS) is 11.1. The Kier molecular flexibility index (Phi) is 8.88. The summed E-state index contributed by atoms with van der Waals surface area (Å²) in [4.78, 5) is 26.0. The maximum absolute atomic E-state index is 13.2. The lowest BCUT2D eigenvalue weighted by Crippen LogP contribution is -2.13. The first-order chi connectivity index (χ1) is 17.5. The third-order valence-electron chi connectivity index (χ3n) is 5.05. The number of esters is 2. The highest BCUT2D eigenvalue weighted by molar-refractivity contribution is 14.1. The molecular formula is C26H15I3O7S. The number of halogens is 3. The summed E-state index contributed by atoms with van der Waals surface area (Å²) in [7, 11) is -4.44. The molecule has 0 bridgehead atoms. The summed E-state index contributed by atoms with van der Waals surface area (Å²) < 4.78 is 45.3. The van der Waals surface area contributed by atoms with Crippen LogP contribution < -0.4 is 9.47 Å². The summed E-state index contributed by atoms with van der Waals surface area (Å²) in [5, 5.41) is 0. The number of carbonyl (C=O) groups is 2. The lowest BCUT2D eigenvalue weighted by Gasteiger charge is -2.14. The van der Waals surface area contributed by atoms with E-state index in [1.54, 1.807) is 106 Å². The van der Waals surface area contributed by atoms with E-state index in [0.717, 1.165) is 3.57 Å². The average molecular weight is 852 g/mol. The zero-order chi connectivity index (χ0) is 26.7.